The highest BCUT2D eigenvalue weighted by Crippen LogP contribution is 2.39. The first-order valence-electron chi connectivity index (χ1n) is 9.71. The molecule has 0 aromatic carbocycles. The molecule has 3 heterocycles. The normalized spacial score (nSPS) is 24.2. The van der Waals surface area contributed by atoms with Gasteiger partial charge >= 0.3 is 0 Å². The van der Waals surface area contributed by atoms with Gasteiger partial charge in [0.15, 0.2) is 0 Å². The second-order valence-corrected chi connectivity index (χ2v) is 7.76. The van der Waals surface area contributed by atoms with Crippen LogP contribution in [0.25, 0.3) is 0 Å². The standard InChI is InChI=1S/C20H30N2O4/c1-3-4-10-22-15-20(8-6-19(22)24)7-5-9-21(14-20)12-16-11-17(23)18(25-2)13-26-16/h11,13H,3-10,12,14-15H2,1-2H3/t20-/m0/s1. The number of unbranched alkanes of at least 4 members (excludes halogenated alkanes) is 1. The Kier molecular flexibility index (Phi) is 6.01. The van der Waals surface area contributed by atoms with Crippen molar-refractivity contribution >= 4 is 5.91 Å². The maximum atomic E-state index is 12.2. The van der Waals surface area contributed by atoms with Gasteiger partial charge in [-0.3, -0.25) is 14.5 Å². The van der Waals surface area contributed by atoms with Crippen LogP contribution in [0.1, 0.15) is 51.2 Å². The zero-order valence-corrected chi connectivity index (χ0v) is 16.0. The number of hydrogen-bond donors (Lipinski definition) is 0. The van der Waals surface area contributed by atoms with Gasteiger partial charge in [0.1, 0.15) is 12.0 Å². The molecule has 3 rings (SSSR count). The van der Waals surface area contributed by atoms with Gasteiger partial charge in [-0.2, -0.15) is 0 Å². The second kappa shape index (κ2) is 8.25. The predicted molar refractivity (Wildman–Crippen MR) is 99.2 cm³/mol. The SMILES string of the molecule is CCCCN1C[C@@]2(CCCN(Cc3cc(=O)c(OC)co3)C2)CCC1=O. The van der Waals surface area contributed by atoms with E-state index in [1.165, 1.54) is 25.9 Å². The quantitative estimate of drug-likeness (QED) is 0.778. The minimum Gasteiger partial charge on any atom is -0.490 e. The van der Waals surface area contributed by atoms with E-state index in [2.05, 4.69) is 16.7 Å². The van der Waals surface area contributed by atoms with Crippen molar-refractivity contribution < 1.29 is 13.9 Å². The summed E-state index contributed by atoms with van der Waals surface area (Å²) in [5.74, 6) is 1.21. The third-order valence-corrected chi connectivity index (χ3v) is 5.72. The molecule has 1 amide bonds. The first kappa shape index (κ1) is 19.0. The van der Waals surface area contributed by atoms with Crippen LogP contribution in [-0.2, 0) is 11.3 Å². The summed E-state index contributed by atoms with van der Waals surface area (Å²) in [6.07, 6.45) is 7.50. The molecule has 1 aromatic heterocycles. The molecule has 0 unspecified atom stereocenters. The molecule has 2 fully saturated rings. The summed E-state index contributed by atoms with van der Waals surface area (Å²) in [6.45, 7) is 6.50. The number of amides is 1. The molecule has 144 valence electrons. The van der Waals surface area contributed by atoms with Crippen molar-refractivity contribution in [2.75, 3.05) is 33.3 Å². The van der Waals surface area contributed by atoms with E-state index in [0.29, 0.717) is 24.6 Å². The maximum absolute atomic E-state index is 12.2. The highest BCUT2D eigenvalue weighted by atomic mass is 16.5. The van der Waals surface area contributed by atoms with E-state index in [9.17, 15) is 9.59 Å². The molecule has 6 heteroatoms. The van der Waals surface area contributed by atoms with E-state index < -0.39 is 0 Å². The van der Waals surface area contributed by atoms with Gasteiger partial charge in [0.2, 0.25) is 17.1 Å². The van der Waals surface area contributed by atoms with Crippen LogP contribution in [0.15, 0.2) is 21.5 Å². The lowest BCUT2D eigenvalue weighted by molar-refractivity contribution is -0.139. The van der Waals surface area contributed by atoms with Crippen molar-refractivity contribution in [3.63, 3.8) is 0 Å². The Morgan fingerprint density at radius 1 is 1.27 bits per heavy atom. The van der Waals surface area contributed by atoms with Crippen LogP contribution >= 0.6 is 0 Å². The Labute approximate surface area is 155 Å². The van der Waals surface area contributed by atoms with E-state index >= 15 is 0 Å². The third-order valence-electron chi connectivity index (χ3n) is 5.72. The highest BCUT2D eigenvalue weighted by molar-refractivity contribution is 5.77. The lowest BCUT2D eigenvalue weighted by atomic mass is 9.73. The number of nitrogens with zero attached hydrogens (tertiary/aromatic N) is 2. The van der Waals surface area contributed by atoms with Gasteiger partial charge in [-0.1, -0.05) is 13.3 Å². The summed E-state index contributed by atoms with van der Waals surface area (Å²) >= 11 is 0. The predicted octanol–water partition coefficient (Wildman–Crippen LogP) is 2.65. The molecule has 0 N–H and O–H groups in total. The third kappa shape index (κ3) is 4.29. The molecule has 0 radical (unpaired) electrons. The molecular formula is C20H30N2O4. The Balaban J connectivity index is 1.65. The number of carbonyl (C=O) groups excluding carboxylic acids is 1. The highest BCUT2D eigenvalue weighted by Gasteiger charge is 2.41. The fourth-order valence-electron chi connectivity index (χ4n) is 4.32. The fourth-order valence-corrected chi connectivity index (χ4v) is 4.32. The number of methoxy groups -OCH3 is 1. The number of rotatable bonds is 6. The summed E-state index contributed by atoms with van der Waals surface area (Å²) in [5, 5.41) is 0. The van der Waals surface area contributed by atoms with Crippen molar-refractivity contribution in [3.05, 3.63) is 28.3 Å². The first-order chi connectivity index (χ1) is 12.5. The summed E-state index contributed by atoms with van der Waals surface area (Å²) in [7, 11) is 1.47. The lowest BCUT2D eigenvalue weighted by Gasteiger charge is -2.48. The number of ether oxygens (including phenoxy) is 1. The molecule has 2 aliphatic rings. The Bertz CT molecular complexity index is 687. The van der Waals surface area contributed by atoms with Crippen molar-refractivity contribution in [1.29, 1.82) is 0 Å². The number of carbonyl (C=O) groups is 1. The van der Waals surface area contributed by atoms with Gasteiger partial charge in [-0.15, -0.1) is 0 Å². The molecule has 1 aromatic rings. The molecule has 26 heavy (non-hydrogen) atoms. The lowest BCUT2D eigenvalue weighted by Crippen LogP contribution is -2.53. The summed E-state index contributed by atoms with van der Waals surface area (Å²) in [6, 6.07) is 1.53. The van der Waals surface area contributed by atoms with E-state index in [4.69, 9.17) is 9.15 Å². The maximum Gasteiger partial charge on any atom is 0.227 e. The second-order valence-electron chi connectivity index (χ2n) is 7.76. The van der Waals surface area contributed by atoms with Crippen LogP contribution in [0.2, 0.25) is 0 Å². The monoisotopic (exact) mass is 362 g/mol. The zero-order chi connectivity index (χ0) is 18.6. The number of hydrogen-bond acceptors (Lipinski definition) is 5. The Hall–Kier alpha value is -1.82. The Morgan fingerprint density at radius 2 is 2.12 bits per heavy atom. The zero-order valence-electron chi connectivity index (χ0n) is 16.0. The molecule has 6 nitrogen and oxygen atoms in total. The van der Waals surface area contributed by atoms with Crippen LogP contribution in [0.5, 0.6) is 5.75 Å². The van der Waals surface area contributed by atoms with Gasteiger partial charge < -0.3 is 14.1 Å². The van der Waals surface area contributed by atoms with Crippen LogP contribution in [0, 0.1) is 5.41 Å². The molecular weight excluding hydrogens is 332 g/mol. The van der Waals surface area contributed by atoms with E-state index in [1.54, 1.807) is 0 Å². The average molecular weight is 362 g/mol. The summed E-state index contributed by atoms with van der Waals surface area (Å²) < 4.78 is 10.5. The van der Waals surface area contributed by atoms with Gasteiger partial charge in [0.25, 0.3) is 0 Å². The smallest absolute Gasteiger partial charge is 0.227 e. The van der Waals surface area contributed by atoms with Gasteiger partial charge in [0, 0.05) is 37.5 Å². The molecule has 1 spiro atoms. The largest absolute Gasteiger partial charge is 0.490 e. The van der Waals surface area contributed by atoms with Crippen molar-refractivity contribution in [3.8, 4) is 5.75 Å². The number of likely N-dealkylation sites (tertiary alicyclic amines) is 2. The van der Waals surface area contributed by atoms with Crippen LogP contribution < -0.4 is 10.2 Å². The number of piperidine rings is 2. The molecule has 1 atom stereocenters. The van der Waals surface area contributed by atoms with E-state index in [1.807, 2.05) is 0 Å². The molecule has 0 bridgehead atoms. The Morgan fingerprint density at radius 3 is 2.85 bits per heavy atom. The van der Waals surface area contributed by atoms with Crippen LogP contribution in [0.3, 0.4) is 0 Å². The average Bonchev–Trinajstić information content (AvgIpc) is 2.63. The minimum absolute atomic E-state index is 0.144. The van der Waals surface area contributed by atoms with Crippen LogP contribution in [-0.4, -0.2) is 49.0 Å². The van der Waals surface area contributed by atoms with E-state index in [-0.39, 0.29) is 16.6 Å². The van der Waals surface area contributed by atoms with Gasteiger partial charge in [-0.05, 0) is 32.2 Å². The minimum atomic E-state index is -0.144. The topological polar surface area (TPSA) is 63.0 Å². The van der Waals surface area contributed by atoms with E-state index in [0.717, 1.165) is 51.9 Å². The molecule has 2 saturated heterocycles. The first-order valence-corrected chi connectivity index (χ1v) is 9.71. The van der Waals surface area contributed by atoms with Crippen molar-refractivity contribution in [2.45, 2.75) is 52.0 Å². The molecule has 0 aliphatic carbocycles. The fraction of sp³-hybridized carbons (Fsp3) is 0.700. The van der Waals surface area contributed by atoms with Crippen molar-refractivity contribution in [2.24, 2.45) is 5.41 Å². The van der Waals surface area contributed by atoms with Crippen LogP contribution in [0.4, 0.5) is 0 Å². The summed E-state index contributed by atoms with van der Waals surface area (Å²) in [4.78, 5) is 28.6. The van der Waals surface area contributed by atoms with Gasteiger partial charge in [0.05, 0.1) is 13.7 Å². The molecule has 0 saturated carbocycles. The van der Waals surface area contributed by atoms with Crippen molar-refractivity contribution in [1.82, 2.24) is 9.80 Å². The van der Waals surface area contributed by atoms with Gasteiger partial charge in [-0.25, -0.2) is 0 Å². The molecule has 2 aliphatic heterocycles. The summed E-state index contributed by atoms with van der Waals surface area (Å²) in [5.41, 5.74) is 0.0432.